The first-order valence-electron chi connectivity index (χ1n) is 8.17. The Morgan fingerprint density at radius 2 is 2.09 bits per heavy atom. The zero-order chi connectivity index (χ0) is 15.9. The normalized spacial score (nSPS) is 20.6. The summed E-state index contributed by atoms with van der Waals surface area (Å²) >= 11 is 0. The molecule has 1 aromatic rings. The molecule has 0 saturated carbocycles. The Hall–Kier alpha value is -1.30. The minimum absolute atomic E-state index is 0.0400. The third kappa shape index (κ3) is 4.12. The van der Waals surface area contributed by atoms with Crippen molar-refractivity contribution in [2.45, 2.75) is 32.9 Å². The maximum absolute atomic E-state index is 9.93. The number of hydrogen-bond donors (Lipinski definition) is 2. The van der Waals surface area contributed by atoms with E-state index in [1.54, 1.807) is 0 Å². The average Bonchev–Trinajstić information content (AvgIpc) is 2.51. The van der Waals surface area contributed by atoms with Crippen molar-refractivity contribution in [2.24, 2.45) is 0 Å². The maximum atomic E-state index is 9.93. The zero-order valence-corrected chi connectivity index (χ0v) is 13.8. The molecule has 22 heavy (non-hydrogen) atoms. The molecule has 0 bridgehead atoms. The van der Waals surface area contributed by atoms with Crippen LogP contribution < -0.4 is 14.8 Å². The second-order valence-corrected chi connectivity index (χ2v) is 5.61. The molecule has 5 nitrogen and oxygen atoms in total. The van der Waals surface area contributed by atoms with E-state index in [4.69, 9.17) is 9.47 Å². The first-order chi connectivity index (χ1) is 10.7. The Bertz CT molecular complexity index is 467. The largest absolute Gasteiger partial charge is 0.494 e. The van der Waals surface area contributed by atoms with E-state index in [2.05, 4.69) is 17.1 Å². The molecular formula is C17H28N2O3. The van der Waals surface area contributed by atoms with Crippen LogP contribution in [0.5, 0.6) is 11.5 Å². The number of piperazine rings is 1. The summed E-state index contributed by atoms with van der Waals surface area (Å²) in [4.78, 5) is 2.32. The molecule has 0 radical (unpaired) electrons. The van der Waals surface area contributed by atoms with E-state index in [0.29, 0.717) is 19.3 Å². The highest BCUT2D eigenvalue weighted by atomic mass is 16.5. The molecule has 0 spiro atoms. The molecule has 5 heteroatoms. The van der Waals surface area contributed by atoms with Gasteiger partial charge in [0.05, 0.1) is 25.9 Å². The first-order valence-corrected chi connectivity index (χ1v) is 8.17. The summed E-state index contributed by atoms with van der Waals surface area (Å²) in [5.74, 6) is 1.61. The Morgan fingerprint density at radius 3 is 2.73 bits per heavy atom. The van der Waals surface area contributed by atoms with Crippen molar-refractivity contribution in [3.63, 3.8) is 0 Å². The highest BCUT2D eigenvalue weighted by Gasteiger charge is 2.26. The van der Waals surface area contributed by atoms with Crippen molar-refractivity contribution in [2.75, 3.05) is 39.5 Å². The van der Waals surface area contributed by atoms with Gasteiger partial charge in [-0.3, -0.25) is 4.90 Å². The molecule has 124 valence electrons. The molecule has 1 aliphatic heterocycles. The molecule has 0 amide bonds. The van der Waals surface area contributed by atoms with Gasteiger partial charge in [-0.1, -0.05) is 0 Å². The van der Waals surface area contributed by atoms with Crippen LogP contribution in [0, 0.1) is 0 Å². The fourth-order valence-electron chi connectivity index (χ4n) is 2.98. The number of rotatable bonds is 7. The van der Waals surface area contributed by atoms with Gasteiger partial charge in [-0.15, -0.1) is 0 Å². The van der Waals surface area contributed by atoms with E-state index in [1.807, 2.05) is 32.0 Å². The first kappa shape index (κ1) is 17.1. The number of nitrogens with zero attached hydrogens (tertiary/aromatic N) is 1. The molecule has 2 unspecified atom stereocenters. The van der Waals surface area contributed by atoms with Crippen molar-refractivity contribution in [3.8, 4) is 11.5 Å². The van der Waals surface area contributed by atoms with Gasteiger partial charge in [-0.2, -0.15) is 0 Å². The highest BCUT2D eigenvalue weighted by molar-refractivity contribution is 5.42. The summed E-state index contributed by atoms with van der Waals surface area (Å²) in [6, 6.07) is 6.29. The lowest BCUT2D eigenvalue weighted by Gasteiger charge is -2.37. The summed E-state index contributed by atoms with van der Waals surface area (Å²) in [5, 5.41) is 13.4. The van der Waals surface area contributed by atoms with Crippen LogP contribution in [-0.4, -0.2) is 55.5 Å². The SMILES string of the molecule is CCOc1ccc(C(CO)N2CCNC(C)C2)c(OCC)c1. The Kier molecular flexibility index (Phi) is 6.49. The van der Waals surface area contributed by atoms with Crippen LogP contribution >= 0.6 is 0 Å². The van der Waals surface area contributed by atoms with Crippen LogP contribution in [0.25, 0.3) is 0 Å². The quantitative estimate of drug-likeness (QED) is 0.804. The van der Waals surface area contributed by atoms with E-state index in [1.165, 1.54) is 0 Å². The minimum Gasteiger partial charge on any atom is -0.494 e. The summed E-state index contributed by atoms with van der Waals surface area (Å²) in [6.45, 7) is 10.2. The highest BCUT2D eigenvalue weighted by Crippen LogP contribution is 2.33. The molecule has 1 aliphatic rings. The lowest BCUT2D eigenvalue weighted by Crippen LogP contribution is -2.51. The van der Waals surface area contributed by atoms with Crippen LogP contribution in [0.15, 0.2) is 18.2 Å². The van der Waals surface area contributed by atoms with Crippen LogP contribution in [0.4, 0.5) is 0 Å². The predicted octanol–water partition coefficient (Wildman–Crippen LogP) is 1.81. The molecular weight excluding hydrogens is 280 g/mol. The van der Waals surface area contributed by atoms with Crippen molar-refractivity contribution >= 4 is 0 Å². The number of benzene rings is 1. The van der Waals surface area contributed by atoms with Gasteiger partial charge in [0.25, 0.3) is 0 Å². The van der Waals surface area contributed by atoms with Gasteiger partial charge < -0.3 is 19.9 Å². The van der Waals surface area contributed by atoms with Crippen LogP contribution in [0.1, 0.15) is 32.4 Å². The maximum Gasteiger partial charge on any atom is 0.127 e. The van der Waals surface area contributed by atoms with Crippen molar-refractivity contribution in [1.82, 2.24) is 10.2 Å². The van der Waals surface area contributed by atoms with E-state index in [0.717, 1.165) is 36.7 Å². The van der Waals surface area contributed by atoms with Gasteiger partial charge in [0.2, 0.25) is 0 Å². The summed E-state index contributed by atoms with van der Waals surface area (Å²) in [5.41, 5.74) is 1.03. The fraction of sp³-hybridized carbons (Fsp3) is 0.647. The summed E-state index contributed by atoms with van der Waals surface area (Å²) < 4.78 is 11.3. The summed E-state index contributed by atoms with van der Waals surface area (Å²) in [6.07, 6.45) is 0. The van der Waals surface area contributed by atoms with Crippen LogP contribution in [0.3, 0.4) is 0 Å². The second-order valence-electron chi connectivity index (χ2n) is 5.61. The van der Waals surface area contributed by atoms with Gasteiger partial charge in [0.1, 0.15) is 11.5 Å². The van der Waals surface area contributed by atoms with Gasteiger partial charge in [0, 0.05) is 37.3 Å². The van der Waals surface area contributed by atoms with E-state index in [9.17, 15) is 5.11 Å². The molecule has 0 aromatic heterocycles. The molecule has 1 heterocycles. The van der Waals surface area contributed by atoms with Crippen molar-refractivity contribution in [3.05, 3.63) is 23.8 Å². The zero-order valence-electron chi connectivity index (χ0n) is 13.8. The number of nitrogens with one attached hydrogen (secondary N) is 1. The Balaban J connectivity index is 2.26. The summed E-state index contributed by atoms with van der Waals surface area (Å²) in [7, 11) is 0. The monoisotopic (exact) mass is 308 g/mol. The van der Waals surface area contributed by atoms with Crippen molar-refractivity contribution < 1.29 is 14.6 Å². The van der Waals surface area contributed by atoms with E-state index >= 15 is 0 Å². The van der Waals surface area contributed by atoms with Gasteiger partial charge in [-0.05, 0) is 32.9 Å². The van der Waals surface area contributed by atoms with Gasteiger partial charge >= 0.3 is 0 Å². The lowest BCUT2D eigenvalue weighted by atomic mass is 10.0. The molecule has 2 rings (SSSR count). The predicted molar refractivity (Wildman–Crippen MR) is 87.6 cm³/mol. The lowest BCUT2D eigenvalue weighted by molar-refractivity contribution is 0.0940. The third-order valence-electron chi connectivity index (χ3n) is 3.97. The Labute approximate surface area is 133 Å². The number of aliphatic hydroxyl groups excluding tert-OH is 1. The van der Waals surface area contributed by atoms with E-state index in [-0.39, 0.29) is 12.6 Å². The average molecular weight is 308 g/mol. The number of ether oxygens (including phenoxy) is 2. The fourth-order valence-corrected chi connectivity index (χ4v) is 2.98. The van der Waals surface area contributed by atoms with Crippen LogP contribution in [0.2, 0.25) is 0 Å². The molecule has 1 saturated heterocycles. The van der Waals surface area contributed by atoms with Gasteiger partial charge in [-0.25, -0.2) is 0 Å². The van der Waals surface area contributed by atoms with Crippen LogP contribution in [-0.2, 0) is 0 Å². The second kappa shape index (κ2) is 8.36. The standard InChI is InChI=1S/C17H28N2O3/c1-4-21-14-6-7-15(17(10-14)22-5-2)16(12-20)19-9-8-18-13(3)11-19/h6-7,10,13,16,18,20H,4-5,8-9,11-12H2,1-3H3. The topological polar surface area (TPSA) is 54.0 Å². The molecule has 1 aromatic carbocycles. The van der Waals surface area contributed by atoms with E-state index < -0.39 is 0 Å². The number of hydrogen-bond acceptors (Lipinski definition) is 5. The molecule has 0 aliphatic carbocycles. The van der Waals surface area contributed by atoms with Gasteiger partial charge in [0.15, 0.2) is 0 Å². The molecule has 2 atom stereocenters. The Morgan fingerprint density at radius 1 is 1.32 bits per heavy atom. The minimum atomic E-state index is -0.0400. The molecule has 1 fully saturated rings. The van der Waals surface area contributed by atoms with Crippen molar-refractivity contribution in [1.29, 1.82) is 0 Å². The third-order valence-corrected chi connectivity index (χ3v) is 3.97. The molecule has 2 N–H and O–H groups in total. The smallest absolute Gasteiger partial charge is 0.127 e. The number of aliphatic hydroxyl groups is 1.